The third kappa shape index (κ3) is 4.61. The van der Waals surface area contributed by atoms with E-state index in [2.05, 4.69) is 4.99 Å². The first-order chi connectivity index (χ1) is 12.8. The van der Waals surface area contributed by atoms with Crippen LogP contribution < -0.4 is 0 Å². The second-order valence-electron chi connectivity index (χ2n) is 7.63. The van der Waals surface area contributed by atoms with E-state index in [1.807, 2.05) is 60.7 Å². The fourth-order valence-electron chi connectivity index (χ4n) is 2.99. The summed E-state index contributed by atoms with van der Waals surface area (Å²) < 4.78 is 10.9. The lowest BCUT2D eigenvalue weighted by Crippen LogP contribution is -2.40. The van der Waals surface area contributed by atoms with Crippen molar-refractivity contribution in [2.45, 2.75) is 44.8 Å². The molecule has 140 valence electrons. The van der Waals surface area contributed by atoms with Crippen LogP contribution in [0.4, 0.5) is 0 Å². The van der Waals surface area contributed by atoms with Crippen molar-refractivity contribution in [1.82, 2.24) is 0 Å². The monoisotopic (exact) mass is 365 g/mol. The van der Waals surface area contributed by atoms with Gasteiger partial charge in [-0.2, -0.15) is 0 Å². The Hall–Kier alpha value is -2.95. The molecule has 1 heterocycles. The zero-order valence-corrected chi connectivity index (χ0v) is 15.8. The number of hydrogen-bond donors (Lipinski definition) is 0. The van der Waals surface area contributed by atoms with Crippen LogP contribution in [0.3, 0.4) is 0 Å². The van der Waals surface area contributed by atoms with E-state index in [0.717, 1.165) is 5.56 Å². The Labute approximate surface area is 159 Å². The molecule has 0 spiro atoms. The van der Waals surface area contributed by atoms with E-state index in [1.54, 1.807) is 20.8 Å². The molecule has 2 aromatic rings. The Morgan fingerprint density at radius 3 is 2.22 bits per heavy atom. The molecule has 1 aliphatic rings. The minimum atomic E-state index is -1.32. The van der Waals surface area contributed by atoms with Gasteiger partial charge >= 0.3 is 11.9 Å². The predicted molar refractivity (Wildman–Crippen MR) is 102 cm³/mol. The SMILES string of the molecule is CC(C)(C)OC(=O)C[C@@]1(Cc2ccccc2)N=C(c2ccccc2)OC1=O. The fraction of sp³-hybridized carbons (Fsp3) is 0.318. The van der Waals surface area contributed by atoms with E-state index >= 15 is 0 Å². The number of ether oxygens (including phenoxy) is 2. The lowest BCUT2D eigenvalue weighted by molar-refractivity contribution is -0.159. The Morgan fingerprint density at radius 2 is 1.63 bits per heavy atom. The highest BCUT2D eigenvalue weighted by Gasteiger charge is 2.48. The van der Waals surface area contributed by atoms with Crippen LogP contribution in [-0.4, -0.2) is 29.0 Å². The first-order valence-corrected chi connectivity index (χ1v) is 8.91. The third-order valence-corrected chi connectivity index (χ3v) is 4.10. The highest BCUT2D eigenvalue weighted by atomic mass is 16.6. The van der Waals surface area contributed by atoms with Crippen molar-refractivity contribution >= 4 is 17.8 Å². The predicted octanol–water partition coefficient (Wildman–Crippen LogP) is 3.70. The van der Waals surface area contributed by atoms with Gasteiger partial charge in [-0.15, -0.1) is 0 Å². The molecule has 0 bridgehead atoms. The standard InChI is InChI=1S/C22H23NO4/c1-21(2,3)27-18(24)15-22(14-16-10-6-4-7-11-16)20(25)26-19(23-22)17-12-8-5-9-13-17/h4-13H,14-15H2,1-3H3/t22-/m1/s1. The first kappa shape index (κ1) is 18.8. The number of esters is 2. The van der Waals surface area contributed by atoms with Gasteiger partial charge in [-0.3, -0.25) is 4.79 Å². The lowest BCUT2D eigenvalue weighted by Gasteiger charge is -2.25. The van der Waals surface area contributed by atoms with Gasteiger partial charge in [0.05, 0.1) is 6.42 Å². The average molecular weight is 365 g/mol. The highest BCUT2D eigenvalue weighted by Crippen LogP contribution is 2.32. The van der Waals surface area contributed by atoms with Gasteiger partial charge < -0.3 is 9.47 Å². The van der Waals surface area contributed by atoms with Gasteiger partial charge in [0.25, 0.3) is 0 Å². The Kier molecular flexibility index (Phi) is 5.13. The van der Waals surface area contributed by atoms with E-state index in [9.17, 15) is 9.59 Å². The van der Waals surface area contributed by atoms with Gasteiger partial charge in [0, 0.05) is 12.0 Å². The quantitative estimate of drug-likeness (QED) is 0.758. The van der Waals surface area contributed by atoms with Gasteiger partial charge in [-0.05, 0) is 38.5 Å². The molecular weight excluding hydrogens is 342 g/mol. The maximum atomic E-state index is 12.8. The first-order valence-electron chi connectivity index (χ1n) is 8.91. The number of nitrogens with zero attached hydrogens (tertiary/aromatic N) is 1. The number of rotatable bonds is 5. The van der Waals surface area contributed by atoms with Crippen LogP contribution in [0.25, 0.3) is 0 Å². The van der Waals surface area contributed by atoms with Crippen LogP contribution in [0.1, 0.15) is 38.3 Å². The smallest absolute Gasteiger partial charge is 0.341 e. The lowest BCUT2D eigenvalue weighted by atomic mass is 9.88. The van der Waals surface area contributed by atoms with E-state index in [-0.39, 0.29) is 18.7 Å². The Morgan fingerprint density at radius 1 is 1.04 bits per heavy atom. The van der Waals surface area contributed by atoms with Crippen molar-refractivity contribution in [2.24, 2.45) is 4.99 Å². The number of hydrogen-bond acceptors (Lipinski definition) is 5. The average Bonchev–Trinajstić information content (AvgIpc) is 2.91. The summed E-state index contributed by atoms with van der Waals surface area (Å²) in [5.74, 6) is -0.774. The normalized spacial score (nSPS) is 19.4. The molecule has 1 atom stereocenters. The summed E-state index contributed by atoms with van der Waals surface area (Å²) in [5, 5.41) is 0. The topological polar surface area (TPSA) is 65.0 Å². The molecule has 0 amide bonds. The summed E-state index contributed by atoms with van der Waals surface area (Å²) in [7, 11) is 0. The van der Waals surface area contributed by atoms with Crippen LogP contribution >= 0.6 is 0 Å². The van der Waals surface area contributed by atoms with Crippen LogP contribution in [0.15, 0.2) is 65.7 Å². The second-order valence-corrected chi connectivity index (χ2v) is 7.63. The summed E-state index contributed by atoms with van der Waals surface area (Å²) in [5.41, 5.74) is -0.366. The van der Waals surface area contributed by atoms with Gasteiger partial charge in [-0.1, -0.05) is 48.5 Å². The number of carbonyl (C=O) groups is 2. The van der Waals surface area contributed by atoms with Crippen LogP contribution in [0.2, 0.25) is 0 Å². The van der Waals surface area contributed by atoms with Gasteiger partial charge in [0.2, 0.25) is 5.90 Å². The zero-order valence-electron chi connectivity index (χ0n) is 15.8. The van der Waals surface area contributed by atoms with Crippen molar-refractivity contribution in [3.63, 3.8) is 0 Å². The van der Waals surface area contributed by atoms with Crippen LogP contribution in [0, 0.1) is 0 Å². The maximum Gasteiger partial charge on any atom is 0.341 e. The second kappa shape index (κ2) is 7.35. The summed E-state index contributed by atoms with van der Waals surface area (Å²) in [6.45, 7) is 5.38. The molecule has 0 saturated heterocycles. The molecular formula is C22H23NO4. The number of benzene rings is 2. The molecule has 0 fully saturated rings. The molecule has 5 heteroatoms. The molecule has 0 unspecified atom stereocenters. The molecule has 27 heavy (non-hydrogen) atoms. The summed E-state index contributed by atoms with van der Waals surface area (Å²) in [4.78, 5) is 29.9. The summed E-state index contributed by atoms with van der Waals surface area (Å²) >= 11 is 0. The van der Waals surface area contributed by atoms with Crippen molar-refractivity contribution < 1.29 is 19.1 Å². The number of carbonyl (C=O) groups excluding carboxylic acids is 2. The van der Waals surface area contributed by atoms with Gasteiger partial charge in [-0.25, -0.2) is 9.79 Å². The van der Waals surface area contributed by atoms with Gasteiger partial charge in [0.15, 0.2) is 5.54 Å². The molecule has 5 nitrogen and oxygen atoms in total. The minimum absolute atomic E-state index is 0.172. The van der Waals surface area contributed by atoms with Crippen molar-refractivity contribution in [1.29, 1.82) is 0 Å². The molecule has 0 N–H and O–H groups in total. The minimum Gasteiger partial charge on any atom is -0.460 e. The zero-order chi connectivity index (χ0) is 19.5. The van der Waals surface area contributed by atoms with Crippen molar-refractivity contribution in [3.05, 3.63) is 71.8 Å². The van der Waals surface area contributed by atoms with Crippen molar-refractivity contribution in [3.8, 4) is 0 Å². The largest absolute Gasteiger partial charge is 0.460 e. The third-order valence-electron chi connectivity index (χ3n) is 4.10. The van der Waals surface area contributed by atoms with E-state index < -0.39 is 23.1 Å². The molecule has 0 aliphatic carbocycles. The summed E-state index contributed by atoms with van der Waals surface area (Å²) in [6, 6.07) is 18.7. The van der Waals surface area contributed by atoms with E-state index in [4.69, 9.17) is 9.47 Å². The highest BCUT2D eigenvalue weighted by molar-refractivity contribution is 6.09. The molecule has 1 aliphatic heterocycles. The Balaban J connectivity index is 1.95. The van der Waals surface area contributed by atoms with Crippen molar-refractivity contribution in [2.75, 3.05) is 0 Å². The molecule has 0 aromatic heterocycles. The molecule has 2 aromatic carbocycles. The number of aliphatic imine (C=N–C) groups is 1. The van der Waals surface area contributed by atoms with Crippen LogP contribution in [-0.2, 0) is 25.5 Å². The Bertz CT molecular complexity index is 853. The molecule has 0 radical (unpaired) electrons. The molecule has 3 rings (SSSR count). The fourth-order valence-corrected chi connectivity index (χ4v) is 2.99. The van der Waals surface area contributed by atoms with Gasteiger partial charge in [0.1, 0.15) is 5.60 Å². The molecule has 0 saturated carbocycles. The maximum absolute atomic E-state index is 12.8. The number of cyclic esters (lactones) is 1. The van der Waals surface area contributed by atoms with E-state index in [1.165, 1.54) is 0 Å². The van der Waals surface area contributed by atoms with E-state index in [0.29, 0.717) is 5.56 Å². The summed E-state index contributed by atoms with van der Waals surface area (Å²) in [6.07, 6.45) is 0.0938. The van der Waals surface area contributed by atoms with Crippen LogP contribution in [0.5, 0.6) is 0 Å².